The van der Waals surface area contributed by atoms with E-state index in [1.165, 1.54) is 24.3 Å². The lowest BCUT2D eigenvalue weighted by molar-refractivity contribution is -0.113. The van der Waals surface area contributed by atoms with Crippen molar-refractivity contribution in [1.82, 2.24) is 15.1 Å². The normalized spacial score (nSPS) is 17.5. The second-order valence-corrected chi connectivity index (χ2v) is 9.59. The zero-order chi connectivity index (χ0) is 27.2. The van der Waals surface area contributed by atoms with Gasteiger partial charge in [0.1, 0.15) is 28.8 Å². The van der Waals surface area contributed by atoms with Crippen LogP contribution in [0.3, 0.4) is 0 Å². The molecular weight excluding hydrogens is 499 g/mol. The van der Waals surface area contributed by atoms with Crippen molar-refractivity contribution in [3.63, 3.8) is 0 Å². The molecule has 3 amide bonds. The Labute approximate surface area is 227 Å². The quantitative estimate of drug-likeness (QED) is 0.245. The number of likely N-dealkylation sites (N-methyl/N-ethyl adjacent to an activating group) is 1. The highest BCUT2D eigenvalue weighted by Gasteiger charge is 2.34. The molecule has 1 N–H and O–H groups in total. The van der Waals surface area contributed by atoms with Crippen molar-refractivity contribution < 1.29 is 23.5 Å². The summed E-state index contributed by atoms with van der Waals surface area (Å²) in [5.74, 6) is 0.941. The zero-order valence-electron chi connectivity index (χ0n) is 21.8. The summed E-state index contributed by atoms with van der Waals surface area (Å²) in [7, 11) is 2.15. The van der Waals surface area contributed by atoms with Gasteiger partial charge in [-0.2, -0.15) is 0 Å². The highest BCUT2D eigenvalue weighted by Crippen LogP contribution is 2.27. The van der Waals surface area contributed by atoms with Gasteiger partial charge in [-0.15, -0.1) is 0 Å². The lowest BCUT2D eigenvalue weighted by Crippen LogP contribution is -2.44. The molecule has 0 bridgehead atoms. The molecule has 0 atom stereocenters. The predicted octanol–water partition coefficient (Wildman–Crippen LogP) is 4.73. The predicted molar refractivity (Wildman–Crippen MR) is 147 cm³/mol. The van der Waals surface area contributed by atoms with E-state index in [0.29, 0.717) is 23.8 Å². The van der Waals surface area contributed by atoms with Crippen molar-refractivity contribution in [3.05, 3.63) is 89.9 Å². The number of benzene rings is 3. The summed E-state index contributed by atoms with van der Waals surface area (Å²) in [6.07, 6.45) is 2.61. The fourth-order valence-electron chi connectivity index (χ4n) is 4.45. The number of hydrogen-bond acceptors (Lipinski definition) is 6. The van der Waals surface area contributed by atoms with Gasteiger partial charge in [-0.25, -0.2) is 14.1 Å². The summed E-state index contributed by atoms with van der Waals surface area (Å²) >= 11 is 0. The van der Waals surface area contributed by atoms with Crippen LogP contribution < -0.4 is 19.7 Å². The standard InChI is InChI=1S/C30H31FN4O4/c1-33-16-18-34(19-17-33)15-2-20-38-25-9-3-22(4-10-25)21-28-29(36)35(30(37)32-28)24-7-13-27(14-8-24)39-26-11-5-23(31)6-12-26/h3-14,21H,2,15-20H2,1H3,(H,32,37). The molecule has 2 heterocycles. The summed E-state index contributed by atoms with van der Waals surface area (Å²) in [6.45, 7) is 6.09. The van der Waals surface area contributed by atoms with E-state index in [-0.39, 0.29) is 11.5 Å². The molecule has 0 spiro atoms. The smallest absolute Gasteiger partial charge is 0.333 e. The molecular formula is C30H31FN4O4. The number of amides is 3. The number of urea groups is 1. The molecule has 8 nitrogen and oxygen atoms in total. The second kappa shape index (κ2) is 12.1. The van der Waals surface area contributed by atoms with Crippen LogP contribution >= 0.6 is 0 Å². The maximum absolute atomic E-state index is 13.1. The summed E-state index contributed by atoms with van der Waals surface area (Å²) in [5.41, 5.74) is 1.37. The van der Waals surface area contributed by atoms with E-state index in [1.807, 2.05) is 24.3 Å². The molecule has 2 saturated heterocycles. The number of nitrogens with one attached hydrogen (secondary N) is 1. The molecule has 2 aliphatic rings. The Morgan fingerprint density at radius 2 is 1.46 bits per heavy atom. The number of halogens is 1. The fraction of sp³-hybridized carbons (Fsp3) is 0.267. The first-order valence-electron chi connectivity index (χ1n) is 13.0. The SMILES string of the molecule is CN1CCN(CCCOc2ccc(C=C3NC(=O)N(c4ccc(Oc5ccc(F)cc5)cc4)C3=O)cc2)CC1. The van der Waals surface area contributed by atoms with Crippen LogP contribution in [0.2, 0.25) is 0 Å². The Balaban J connectivity index is 1.14. The van der Waals surface area contributed by atoms with Gasteiger partial charge in [0.05, 0.1) is 12.3 Å². The third-order valence-corrected chi connectivity index (χ3v) is 6.70. The number of rotatable bonds is 9. The van der Waals surface area contributed by atoms with Crippen LogP contribution in [0.1, 0.15) is 12.0 Å². The molecule has 3 aromatic carbocycles. The van der Waals surface area contributed by atoms with Crippen molar-refractivity contribution in [1.29, 1.82) is 0 Å². The number of imide groups is 1. The minimum absolute atomic E-state index is 0.187. The number of anilines is 1. The first-order chi connectivity index (χ1) is 18.9. The fourth-order valence-corrected chi connectivity index (χ4v) is 4.45. The first-order valence-corrected chi connectivity index (χ1v) is 13.0. The molecule has 39 heavy (non-hydrogen) atoms. The Hall–Kier alpha value is -4.21. The van der Waals surface area contributed by atoms with Gasteiger partial charge in [0.2, 0.25) is 0 Å². The average Bonchev–Trinajstić information content (AvgIpc) is 3.22. The van der Waals surface area contributed by atoms with Gasteiger partial charge >= 0.3 is 6.03 Å². The van der Waals surface area contributed by atoms with Gasteiger partial charge < -0.3 is 24.6 Å². The third-order valence-electron chi connectivity index (χ3n) is 6.70. The summed E-state index contributed by atoms with van der Waals surface area (Å²) in [6, 6.07) is 19.1. The van der Waals surface area contributed by atoms with Gasteiger partial charge in [-0.05, 0) is 85.8 Å². The average molecular weight is 531 g/mol. The number of carbonyl (C=O) groups excluding carboxylic acids is 2. The number of nitrogens with zero attached hydrogens (tertiary/aromatic N) is 3. The highest BCUT2D eigenvalue weighted by atomic mass is 19.1. The minimum Gasteiger partial charge on any atom is -0.494 e. The molecule has 0 saturated carbocycles. The summed E-state index contributed by atoms with van der Waals surface area (Å²) < 4.78 is 24.6. The van der Waals surface area contributed by atoms with Crippen LogP contribution in [0.5, 0.6) is 17.2 Å². The highest BCUT2D eigenvalue weighted by molar-refractivity contribution is 6.28. The van der Waals surface area contributed by atoms with Gasteiger partial charge in [0, 0.05) is 32.7 Å². The Kier molecular flexibility index (Phi) is 8.19. The minimum atomic E-state index is -0.529. The van der Waals surface area contributed by atoms with Crippen LogP contribution in [0.15, 0.2) is 78.5 Å². The molecule has 202 valence electrons. The molecule has 2 fully saturated rings. The molecule has 3 aromatic rings. The monoisotopic (exact) mass is 530 g/mol. The van der Waals surface area contributed by atoms with Crippen LogP contribution in [-0.4, -0.2) is 68.1 Å². The number of ether oxygens (including phenoxy) is 2. The molecule has 0 aromatic heterocycles. The van der Waals surface area contributed by atoms with E-state index in [1.54, 1.807) is 30.3 Å². The van der Waals surface area contributed by atoms with Crippen molar-refractivity contribution in [3.8, 4) is 17.2 Å². The molecule has 5 rings (SSSR count). The summed E-state index contributed by atoms with van der Waals surface area (Å²) in [4.78, 5) is 31.5. The molecule has 0 radical (unpaired) electrons. The number of hydrogen-bond donors (Lipinski definition) is 1. The topological polar surface area (TPSA) is 74.3 Å². The molecule has 9 heteroatoms. The van der Waals surface area contributed by atoms with E-state index >= 15 is 0 Å². The molecule has 2 aliphatic heterocycles. The molecule has 0 aliphatic carbocycles. The summed E-state index contributed by atoms with van der Waals surface area (Å²) in [5, 5.41) is 2.64. The molecule has 0 unspecified atom stereocenters. The van der Waals surface area contributed by atoms with E-state index in [2.05, 4.69) is 22.2 Å². The second-order valence-electron chi connectivity index (χ2n) is 9.59. The Morgan fingerprint density at radius 3 is 2.13 bits per heavy atom. The third kappa shape index (κ3) is 6.81. The lowest BCUT2D eigenvalue weighted by Gasteiger charge is -2.32. The van der Waals surface area contributed by atoms with Crippen LogP contribution in [-0.2, 0) is 4.79 Å². The van der Waals surface area contributed by atoms with Crippen LogP contribution in [0.4, 0.5) is 14.9 Å². The van der Waals surface area contributed by atoms with Gasteiger partial charge in [-0.3, -0.25) is 4.79 Å². The van der Waals surface area contributed by atoms with E-state index in [4.69, 9.17) is 9.47 Å². The number of piperazine rings is 1. The van der Waals surface area contributed by atoms with Crippen molar-refractivity contribution in [2.75, 3.05) is 51.3 Å². The van der Waals surface area contributed by atoms with Crippen molar-refractivity contribution >= 4 is 23.7 Å². The van der Waals surface area contributed by atoms with E-state index < -0.39 is 11.9 Å². The van der Waals surface area contributed by atoms with Crippen LogP contribution in [0.25, 0.3) is 6.08 Å². The van der Waals surface area contributed by atoms with Crippen molar-refractivity contribution in [2.45, 2.75) is 6.42 Å². The number of carbonyl (C=O) groups is 2. The zero-order valence-corrected chi connectivity index (χ0v) is 21.8. The maximum Gasteiger partial charge on any atom is 0.333 e. The van der Waals surface area contributed by atoms with E-state index in [9.17, 15) is 14.0 Å². The first kappa shape index (κ1) is 26.4. The largest absolute Gasteiger partial charge is 0.494 e. The maximum atomic E-state index is 13.1. The van der Waals surface area contributed by atoms with Crippen molar-refractivity contribution in [2.24, 2.45) is 0 Å². The Morgan fingerprint density at radius 1 is 0.846 bits per heavy atom. The van der Waals surface area contributed by atoms with Gasteiger partial charge in [0.25, 0.3) is 5.91 Å². The Bertz CT molecular complexity index is 1320. The van der Waals surface area contributed by atoms with E-state index in [0.717, 1.165) is 55.4 Å². The lowest BCUT2D eigenvalue weighted by atomic mass is 10.2. The van der Waals surface area contributed by atoms with Crippen LogP contribution in [0, 0.1) is 5.82 Å². The van der Waals surface area contributed by atoms with Gasteiger partial charge in [0.15, 0.2) is 0 Å². The van der Waals surface area contributed by atoms with Gasteiger partial charge in [-0.1, -0.05) is 12.1 Å².